The van der Waals surface area contributed by atoms with Gasteiger partial charge in [0.2, 0.25) is 0 Å². The van der Waals surface area contributed by atoms with Crippen LogP contribution < -0.4 is 0 Å². The van der Waals surface area contributed by atoms with Crippen molar-refractivity contribution < 1.29 is 0 Å². The average Bonchev–Trinajstić information content (AvgIpc) is 2.72. The summed E-state index contributed by atoms with van der Waals surface area (Å²) < 4.78 is 0. The second-order valence-corrected chi connectivity index (χ2v) is 10.2. The van der Waals surface area contributed by atoms with Crippen LogP contribution in [0.15, 0.2) is 0 Å². The second-order valence-electron chi connectivity index (χ2n) is 10.2. The van der Waals surface area contributed by atoms with Crippen molar-refractivity contribution in [2.45, 2.75) is 175 Å². The zero-order chi connectivity index (χ0) is 21.4. The molecule has 0 fully saturated rings. The van der Waals surface area contributed by atoms with E-state index in [-0.39, 0.29) is 0 Å². The Morgan fingerprint density at radius 2 is 0.517 bits per heavy atom. The molecule has 0 heteroatoms. The SMILES string of the molecule is CCCCCCCCCCCCCCCCCCCCC(C)C(C)CCCCC. The summed E-state index contributed by atoms with van der Waals surface area (Å²) in [5.41, 5.74) is 0. The van der Waals surface area contributed by atoms with Crippen molar-refractivity contribution in [2.75, 3.05) is 0 Å². The van der Waals surface area contributed by atoms with Crippen LogP contribution in [0.3, 0.4) is 0 Å². The minimum Gasteiger partial charge on any atom is -0.0654 e. The number of hydrogen-bond acceptors (Lipinski definition) is 0. The van der Waals surface area contributed by atoms with Crippen LogP contribution in [0.25, 0.3) is 0 Å². The highest BCUT2D eigenvalue weighted by Crippen LogP contribution is 2.24. The number of hydrogen-bond donors (Lipinski definition) is 0. The zero-order valence-corrected chi connectivity index (χ0v) is 21.4. The van der Waals surface area contributed by atoms with Gasteiger partial charge in [-0.05, 0) is 11.8 Å². The van der Waals surface area contributed by atoms with Crippen LogP contribution in [0.2, 0.25) is 0 Å². The molecule has 0 aromatic rings. The third-order valence-corrected chi connectivity index (χ3v) is 7.25. The van der Waals surface area contributed by atoms with E-state index in [4.69, 9.17) is 0 Å². The first-order valence-corrected chi connectivity index (χ1v) is 14.2. The van der Waals surface area contributed by atoms with Gasteiger partial charge in [0.1, 0.15) is 0 Å². The van der Waals surface area contributed by atoms with Crippen molar-refractivity contribution in [1.29, 1.82) is 0 Å². The summed E-state index contributed by atoms with van der Waals surface area (Å²) in [5.74, 6) is 1.88. The fourth-order valence-corrected chi connectivity index (χ4v) is 4.65. The van der Waals surface area contributed by atoms with Gasteiger partial charge in [-0.15, -0.1) is 0 Å². The molecule has 0 radical (unpaired) electrons. The van der Waals surface area contributed by atoms with E-state index in [0.717, 1.165) is 11.8 Å². The lowest BCUT2D eigenvalue weighted by Crippen LogP contribution is -2.08. The lowest BCUT2D eigenvalue weighted by Gasteiger charge is -2.19. The Bertz CT molecular complexity index is 282. The van der Waals surface area contributed by atoms with E-state index in [1.807, 2.05) is 0 Å². The Morgan fingerprint density at radius 1 is 0.310 bits per heavy atom. The van der Waals surface area contributed by atoms with E-state index >= 15 is 0 Å². The smallest absolute Gasteiger partial charge is 0.0417 e. The Hall–Kier alpha value is 0. The molecule has 0 bridgehead atoms. The van der Waals surface area contributed by atoms with Crippen molar-refractivity contribution >= 4 is 0 Å². The van der Waals surface area contributed by atoms with Crippen molar-refractivity contribution in [3.05, 3.63) is 0 Å². The summed E-state index contributed by atoms with van der Waals surface area (Å²) in [7, 11) is 0. The van der Waals surface area contributed by atoms with E-state index in [0.29, 0.717) is 0 Å². The van der Waals surface area contributed by atoms with Gasteiger partial charge in [-0.3, -0.25) is 0 Å². The molecule has 29 heavy (non-hydrogen) atoms. The minimum absolute atomic E-state index is 0.937. The number of unbranched alkanes of at least 4 members (excludes halogenated alkanes) is 19. The van der Waals surface area contributed by atoms with Gasteiger partial charge >= 0.3 is 0 Å². The molecule has 2 atom stereocenters. The first kappa shape index (κ1) is 29.0. The predicted octanol–water partition coefficient (Wildman–Crippen LogP) is 11.3. The van der Waals surface area contributed by atoms with Gasteiger partial charge in [-0.2, -0.15) is 0 Å². The van der Waals surface area contributed by atoms with E-state index in [1.54, 1.807) is 0 Å². The molecule has 0 saturated heterocycles. The molecule has 0 N–H and O–H groups in total. The summed E-state index contributed by atoms with van der Waals surface area (Å²) in [6.45, 7) is 9.59. The molecule has 0 aliphatic heterocycles. The van der Waals surface area contributed by atoms with Crippen molar-refractivity contribution in [2.24, 2.45) is 11.8 Å². The maximum atomic E-state index is 2.49. The van der Waals surface area contributed by atoms with Gasteiger partial charge in [0.25, 0.3) is 0 Å². The second kappa shape index (κ2) is 24.3. The molecule has 176 valence electrons. The van der Waals surface area contributed by atoms with Crippen molar-refractivity contribution in [3.8, 4) is 0 Å². The Kier molecular flexibility index (Phi) is 24.3. The first-order chi connectivity index (χ1) is 14.2. The summed E-state index contributed by atoms with van der Waals surface area (Å²) in [5, 5.41) is 0. The average molecular weight is 409 g/mol. The third kappa shape index (κ3) is 22.5. The lowest BCUT2D eigenvalue weighted by atomic mass is 9.87. The maximum Gasteiger partial charge on any atom is -0.0417 e. The summed E-state index contributed by atoms with van der Waals surface area (Å²) in [4.78, 5) is 0. The topological polar surface area (TPSA) is 0 Å². The fraction of sp³-hybridized carbons (Fsp3) is 1.00. The molecule has 0 aromatic carbocycles. The minimum atomic E-state index is 0.937. The molecular weight excluding hydrogens is 348 g/mol. The van der Waals surface area contributed by atoms with E-state index < -0.39 is 0 Å². The fourth-order valence-electron chi connectivity index (χ4n) is 4.65. The van der Waals surface area contributed by atoms with E-state index in [1.165, 1.54) is 148 Å². The molecule has 0 aliphatic rings. The largest absolute Gasteiger partial charge is 0.0654 e. The molecule has 0 aromatic heterocycles. The first-order valence-electron chi connectivity index (χ1n) is 14.2. The van der Waals surface area contributed by atoms with Crippen LogP contribution in [0.4, 0.5) is 0 Å². The van der Waals surface area contributed by atoms with Gasteiger partial charge in [0, 0.05) is 0 Å². The highest BCUT2D eigenvalue weighted by molar-refractivity contribution is 4.63. The van der Waals surface area contributed by atoms with Crippen LogP contribution in [-0.4, -0.2) is 0 Å². The van der Waals surface area contributed by atoms with Crippen LogP contribution in [0.5, 0.6) is 0 Å². The van der Waals surface area contributed by atoms with Gasteiger partial charge in [0.05, 0.1) is 0 Å². The standard InChI is InChI=1S/C29H60/c1-5-7-9-10-11-12-13-14-15-16-17-18-19-20-21-22-23-25-27-29(4)28(3)26-24-8-6-2/h28-29H,5-27H2,1-4H3. The molecule has 0 nitrogen and oxygen atoms in total. The molecule has 2 unspecified atom stereocenters. The van der Waals surface area contributed by atoms with E-state index in [9.17, 15) is 0 Å². The highest BCUT2D eigenvalue weighted by Gasteiger charge is 2.11. The summed E-state index contributed by atoms with van der Waals surface area (Å²) >= 11 is 0. The normalized spacial score (nSPS) is 13.7. The van der Waals surface area contributed by atoms with Gasteiger partial charge in [0.15, 0.2) is 0 Å². The van der Waals surface area contributed by atoms with Crippen molar-refractivity contribution in [1.82, 2.24) is 0 Å². The van der Waals surface area contributed by atoms with Crippen LogP contribution in [-0.2, 0) is 0 Å². The third-order valence-electron chi connectivity index (χ3n) is 7.25. The Morgan fingerprint density at radius 3 is 0.828 bits per heavy atom. The maximum absolute atomic E-state index is 2.49. The molecule has 0 saturated carbocycles. The zero-order valence-electron chi connectivity index (χ0n) is 21.4. The molecule has 0 spiro atoms. The lowest BCUT2D eigenvalue weighted by molar-refractivity contribution is 0.323. The number of rotatable bonds is 24. The quantitative estimate of drug-likeness (QED) is 0.139. The van der Waals surface area contributed by atoms with Gasteiger partial charge in [-0.25, -0.2) is 0 Å². The van der Waals surface area contributed by atoms with E-state index in [2.05, 4.69) is 27.7 Å². The van der Waals surface area contributed by atoms with Crippen LogP contribution in [0.1, 0.15) is 175 Å². The highest BCUT2D eigenvalue weighted by atomic mass is 14.2. The molecule has 0 aliphatic carbocycles. The summed E-state index contributed by atoms with van der Waals surface area (Å²) in [6, 6.07) is 0. The predicted molar refractivity (Wildman–Crippen MR) is 136 cm³/mol. The molecular formula is C29H60. The molecule has 0 heterocycles. The van der Waals surface area contributed by atoms with Crippen LogP contribution >= 0.6 is 0 Å². The Labute approximate surface area is 187 Å². The summed E-state index contributed by atoms with van der Waals surface area (Å²) in [6.07, 6.45) is 33.7. The molecule has 0 rings (SSSR count). The van der Waals surface area contributed by atoms with Gasteiger partial charge < -0.3 is 0 Å². The molecule has 0 amide bonds. The van der Waals surface area contributed by atoms with Gasteiger partial charge in [-0.1, -0.05) is 175 Å². The van der Waals surface area contributed by atoms with Crippen LogP contribution in [0, 0.1) is 11.8 Å². The monoisotopic (exact) mass is 408 g/mol. The Balaban J connectivity index is 3.16. The van der Waals surface area contributed by atoms with Crippen molar-refractivity contribution in [3.63, 3.8) is 0 Å².